The Kier molecular flexibility index (Phi) is 5.12. The van der Waals surface area contributed by atoms with Crippen LogP contribution in [0.2, 0.25) is 0 Å². The number of nitrogens with zero attached hydrogens (tertiary/aromatic N) is 2. The highest BCUT2D eigenvalue weighted by Crippen LogP contribution is 2.05. The highest BCUT2D eigenvalue weighted by Gasteiger charge is 2.28. The largest absolute Gasteiger partial charge is 0.385 e. The van der Waals surface area contributed by atoms with Gasteiger partial charge < -0.3 is 25.0 Å². The number of hydrogen-bond acceptors (Lipinski definition) is 5. The quantitative estimate of drug-likeness (QED) is 0.581. The van der Waals surface area contributed by atoms with Crippen LogP contribution in [0.15, 0.2) is 18.7 Å². The molecule has 1 aliphatic heterocycles. The minimum absolute atomic E-state index is 0.397. The highest BCUT2D eigenvalue weighted by atomic mass is 16.5. The average Bonchev–Trinajstić information content (AvgIpc) is 2.78. The number of aliphatic hydroxyl groups is 1. The summed E-state index contributed by atoms with van der Waals surface area (Å²) in [6.07, 6.45) is 6.57. The van der Waals surface area contributed by atoms with E-state index in [0.29, 0.717) is 26.3 Å². The highest BCUT2D eigenvalue weighted by molar-refractivity contribution is 4.85. The normalized spacial score (nSPS) is 24.9. The number of aromatic nitrogens is 2. The predicted octanol–water partition coefficient (Wildman–Crippen LogP) is -0.786. The first-order chi connectivity index (χ1) is 8.79. The molecule has 0 spiro atoms. The molecule has 0 aliphatic carbocycles. The molecule has 1 fully saturated rings. The summed E-state index contributed by atoms with van der Waals surface area (Å²) in [5, 5.41) is 16.7. The molecule has 2 heterocycles. The van der Waals surface area contributed by atoms with Crippen LogP contribution >= 0.6 is 0 Å². The molecule has 0 bridgehead atoms. The van der Waals surface area contributed by atoms with Gasteiger partial charge in [-0.15, -0.1) is 0 Å². The van der Waals surface area contributed by atoms with Gasteiger partial charge in [-0.1, -0.05) is 0 Å². The zero-order chi connectivity index (χ0) is 12.7. The minimum atomic E-state index is -0.786. The zero-order valence-electron chi connectivity index (χ0n) is 10.6. The van der Waals surface area contributed by atoms with Gasteiger partial charge in [0.05, 0.1) is 19.5 Å². The lowest BCUT2D eigenvalue weighted by Crippen LogP contribution is -2.50. The van der Waals surface area contributed by atoms with Crippen molar-refractivity contribution in [2.75, 3.05) is 39.4 Å². The first kappa shape index (κ1) is 13.5. The molecule has 0 saturated carbocycles. The molecule has 1 aliphatic rings. The maximum atomic E-state index is 10.3. The first-order valence-corrected chi connectivity index (χ1v) is 6.46. The van der Waals surface area contributed by atoms with Crippen molar-refractivity contribution in [3.05, 3.63) is 18.7 Å². The smallest absolute Gasteiger partial charge is 0.113 e. The van der Waals surface area contributed by atoms with Gasteiger partial charge in [-0.3, -0.25) is 0 Å². The van der Waals surface area contributed by atoms with Crippen molar-refractivity contribution in [3.8, 4) is 0 Å². The number of aryl methyl sites for hydroxylation is 1. The number of nitrogens with one attached hydrogen (secondary N) is 2. The SMILES string of the molecule is O[C@@]1(CNCCCn2ccnc2)CNCCOC1. The predicted molar refractivity (Wildman–Crippen MR) is 68.4 cm³/mol. The Morgan fingerprint density at radius 2 is 2.50 bits per heavy atom. The molecule has 0 unspecified atom stereocenters. The van der Waals surface area contributed by atoms with E-state index in [2.05, 4.69) is 15.6 Å². The third-order valence-electron chi connectivity index (χ3n) is 3.03. The molecule has 0 aromatic carbocycles. The van der Waals surface area contributed by atoms with Gasteiger partial charge in [-0.05, 0) is 13.0 Å². The maximum absolute atomic E-state index is 10.3. The Balaban J connectivity index is 1.59. The third-order valence-corrected chi connectivity index (χ3v) is 3.03. The molecule has 0 radical (unpaired) electrons. The van der Waals surface area contributed by atoms with E-state index in [0.717, 1.165) is 26.1 Å². The van der Waals surface area contributed by atoms with Crippen LogP contribution in [0, 0.1) is 0 Å². The van der Waals surface area contributed by atoms with Gasteiger partial charge in [0.2, 0.25) is 0 Å². The van der Waals surface area contributed by atoms with Gasteiger partial charge in [0.1, 0.15) is 5.60 Å². The van der Waals surface area contributed by atoms with Crippen LogP contribution in [0.25, 0.3) is 0 Å². The Labute approximate surface area is 107 Å². The van der Waals surface area contributed by atoms with Crippen molar-refractivity contribution in [1.82, 2.24) is 20.2 Å². The lowest BCUT2D eigenvalue weighted by molar-refractivity contribution is -0.0261. The minimum Gasteiger partial charge on any atom is -0.385 e. The molecule has 102 valence electrons. The Bertz CT molecular complexity index is 321. The summed E-state index contributed by atoms with van der Waals surface area (Å²) >= 11 is 0. The van der Waals surface area contributed by atoms with Gasteiger partial charge >= 0.3 is 0 Å². The fourth-order valence-corrected chi connectivity index (χ4v) is 2.02. The van der Waals surface area contributed by atoms with Crippen LogP contribution in [0.4, 0.5) is 0 Å². The topological polar surface area (TPSA) is 71.3 Å². The van der Waals surface area contributed by atoms with E-state index in [1.807, 2.05) is 17.1 Å². The van der Waals surface area contributed by atoms with E-state index in [-0.39, 0.29) is 0 Å². The molecule has 1 saturated heterocycles. The molecule has 18 heavy (non-hydrogen) atoms. The van der Waals surface area contributed by atoms with Crippen LogP contribution in [0.5, 0.6) is 0 Å². The van der Waals surface area contributed by atoms with Gasteiger partial charge in [0.15, 0.2) is 0 Å². The molecule has 0 amide bonds. The lowest BCUT2D eigenvalue weighted by Gasteiger charge is -2.26. The summed E-state index contributed by atoms with van der Waals surface area (Å²) in [6.45, 7) is 4.84. The van der Waals surface area contributed by atoms with Gasteiger partial charge in [0, 0.05) is 38.6 Å². The number of ether oxygens (including phenoxy) is 1. The summed E-state index contributed by atoms with van der Waals surface area (Å²) in [5.74, 6) is 0. The Hall–Kier alpha value is -0.950. The summed E-state index contributed by atoms with van der Waals surface area (Å²) < 4.78 is 7.41. The van der Waals surface area contributed by atoms with Crippen LogP contribution in [0.1, 0.15) is 6.42 Å². The van der Waals surface area contributed by atoms with Crippen molar-refractivity contribution in [1.29, 1.82) is 0 Å². The van der Waals surface area contributed by atoms with E-state index in [1.165, 1.54) is 0 Å². The van der Waals surface area contributed by atoms with E-state index >= 15 is 0 Å². The second-order valence-electron chi connectivity index (χ2n) is 4.78. The number of β-amino-alcohol motifs (C(OH)–C–C–N with tert-alkyl or cyclic N) is 1. The third kappa shape index (κ3) is 4.38. The molecule has 1 atom stereocenters. The van der Waals surface area contributed by atoms with Gasteiger partial charge in [-0.25, -0.2) is 4.98 Å². The fraction of sp³-hybridized carbons (Fsp3) is 0.750. The van der Waals surface area contributed by atoms with E-state index in [1.54, 1.807) is 6.20 Å². The molecule has 1 aromatic heterocycles. The molecule has 2 rings (SSSR count). The first-order valence-electron chi connectivity index (χ1n) is 6.46. The van der Waals surface area contributed by atoms with E-state index in [9.17, 15) is 5.11 Å². The van der Waals surface area contributed by atoms with Crippen LogP contribution in [-0.2, 0) is 11.3 Å². The second kappa shape index (κ2) is 6.84. The summed E-state index contributed by atoms with van der Waals surface area (Å²) in [4.78, 5) is 3.99. The fourth-order valence-electron chi connectivity index (χ4n) is 2.02. The zero-order valence-corrected chi connectivity index (χ0v) is 10.6. The number of imidazole rings is 1. The number of rotatable bonds is 6. The Morgan fingerprint density at radius 3 is 3.33 bits per heavy atom. The van der Waals surface area contributed by atoms with E-state index in [4.69, 9.17) is 4.74 Å². The van der Waals surface area contributed by atoms with Crippen LogP contribution in [0.3, 0.4) is 0 Å². The molecule has 6 heteroatoms. The summed E-state index contributed by atoms with van der Waals surface area (Å²) in [6, 6.07) is 0. The monoisotopic (exact) mass is 254 g/mol. The molecular weight excluding hydrogens is 232 g/mol. The molecule has 3 N–H and O–H groups in total. The number of hydrogen-bond donors (Lipinski definition) is 3. The van der Waals surface area contributed by atoms with Crippen LogP contribution in [-0.4, -0.2) is 59.7 Å². The van der Waals surface area contributed by atoms with Gasteiger partial charge in [-0.2, -0.15) is 0 Å². The summed E-state index contributed by atoms with van der Waals surface area (Å²) in [5.41, 5.74) is -0.786. The van der Waals surface area contributed by atoms with Crippen molar-refractivity contribution >= 4 is 0 Å². The van der Waals surface area contributed by atoms with Crippen molar-refractivity contribution in [2.24, 2.45) is 0 Å². The molecule has 1 aromatic rings. The van der Waals surface area contributed by atoms with Crippen LogP contribution < -0.4 is 10.6 Å². The molecule has 6 nitrogen and oxygen atoms in total. The van der Waals surface area contributed by atoms with Crippen molar-refractivity contribution in [3.63, 3.8) is 0 Å². The summed E-state index contributed by atoms with van der Waals surface area (Å²) in [7, 11) is 0. The van der Waals surface area contributed by atoms with Crippen molar-refractivity contribution in [2.45, 2.75) is 18.6 Å². The van der Waals surface area contributed by atoms with Crippen molar-refractivity contribution < 1.29 is 9.84 Å². The maximum Gasteiger partial charge on any atom is 0.113 e. The van der Waals surface area contributed by atoms with Gasteiger partial charge in [0.25, 0.3) is 0 Å². The Morgan fingerprint density at radius 1 is 1.56 bits per heavy atom. The molecular formula is C12H22N4O2. The lowest BCUT2D eigenvalue weighted by atomic mass is 10.1. The second-order valence-corrected chi connectivity index (χ2v) is 4.78. The van der Waals surface area contributed by atoms with E-state index < -0.39 is 5.60 Å². The standard InChI is InChI=1S/C12H22N4O2/c17-12(9-14-4-7-18-10-12)8-13-2-1-5-16-6-3-15-11-16/h3,6,11,13-14,17H,1-2,4-5,7-10H2/t12-/m0/s1. The average molecular weight is 254 g/mol.